The highest BCUT2D eigenvalue weighted by Crippen LogP contribution is 2.57. The van der Waals surface area contributed by atoms with Crippen molar-refractivity contribution < 1.29 is 0 Å². The Balaban J connectivity index is 1.83. The Labute approximate surface area is 106 Å². The minimum Gasteiger partial charge on any atom is -0.290 e. The number of rotatable bonds is 5. The van der Waals surface area contributed by atoms with Gasteiger partial charge < -0.3 is 0 Å². The van der Waals surface area contributed by atoms with Crippen LogP contribution in [0.2, 0.25) is 0 Å². The van der Waals surface area contributed by atoms with Crippen molar-refractivity contribution in [2.75, 3.05) is 13.1 Å². The van der Waals surface area contributed by atoms with Crippen LogP contribution in [0.1, 0.15) is 38.5 Å². The zero-order valence-corrected chi connectivity index (χ0v) is 10.9. The van der Waals surface area contributed by atoms with Crippen molar-refractivity contribution in [3.63, 3.8) is 0 Å². The van der Waals surface area contributed by atoms with Gasteiger partial charge >= 0.3 is 0 Å². The van der Waals surface area contributed by atoms with Crippen LogP contribution in [-0.4, -0.2) is 23.5 Å². The molecule has 94 valence electrons. The molecule has 0 aromatic heterocycles. The molecule has 0 aromatic rings. The maximum Gasteiger partial charge on any atom is 0.0224 e. The summed E-state index contributed by atoms with van der Waals surface area (Å²) < 4.78 is 0. The van der Waals surface area contributed by atoms with Gasteiger partial charge in [0.2, 0.25) is 0 Å². The van der Waals surface area contributed by atoms with Gasteiger partial charge in [0.05, 0.1) is 0 Å². The lowest BCUT2D eigenvalue weighted by Gasteiger charge is -2.60. The van der Waals surface area contributed by atoms with E-state index < -0.39 is 0 Å². The standard InChI is InChI=1S/C16H25N/c1-3-5-17(6-4-2)16-10-13-7-14(11-16)9-15(8-13)12-16/h3-4,13-15H,1-2,5-12H2. The van der Waals surface area contributed by atoms with Crippen LogP contribution >= 0.6 is 0 Å². The molecule has 4 aliphatic rings. The average molecular weight is 231 g/mol. The fraction of sp³-hybridized carbons (Fsp3) is 0.750. The lowest BCUT2D eigenvalue weighted by molar-refractivity contribution is -0.0806. The van der Waals surface area contributed by atoms with Crippen LogP contribution in [-0.2, 0) is 0 Å². The first kappa shape index (κ1) is 11.5. The third-order valence-corrected chi connectivity index (χ3v) is 5.38. The second-order valence-electron chi connectivity index (χ2n) is 6.62. The summed E-state index contributed by atoms with van der Waals surface area (Å²) in [5, 5.41) is 0. The molecule has 0 amide bonds. The molecule has 4 rings (SSSR count). The second kappa shape index (κ2) is 4.28. The summed E-state index contributed by atoms with van der Waals surface area (Å²) in [7, 11) is 0. The fourth-order valence-electron chi connectivity index (χ4n) is 5.23. The number of hydrogen-bond acceptors (Lipinski definition) is 1. The average Bonchev–Trinajstić information content (AvgIpc) is 2.27. The molecular formula is C16H25N. The quantitative estimate of drug-likeness (QED) is 0.653. The summed E-state index contributed by atoms with van der Waals surface area (Å²) in [5.74, 6) is 3.08. The van der Waals surface area contributed by atoms with Gasteiger partial charge in [0.1, 0.15) is 0 Å². The lowest BCUT2D eigenvalue weighted by atomic mass is 9.52. The Bertz CT molecular complexity index is 272. The first-order valence-electron chi connectivity index (χ1n) is 7.22. The van der Waals surface area contributed by atoms with E-state index in [9.17, 15) is 0 Å². The van der Waals surface area contributed by atoms with E-state index in [-0.39, 0.29) is 0 Å². The van der Waals surface area contributed by atoms with E-state index in [1.54, 1.807) is 0 Å². The molecule has 4 aliphatic carbocycles. The molecule has 0 aromatic carbocycles. The predicted octanol–water partition coefficient (Wildman–Crippen LogP) is 3.63. The van der Waals surface area contributed by atoms with Crippen LogP contribution in [0.25, 0.3) is 0 Å². The van der Waals surface area contributed by atoms with Crippen LogP contribution in [0.15, 0.2) is 25.3 Å². The summed E-state index contributed by atoms with van der Waals surface area (Å²) in [6, 6.07) is 0. The molecule has 4 fully saturated rings. The SMILES string of the molecule is C=CCN(CC=C)C12CC3CC(CC(C3)C1)C2. The summed E-state index contributed by atoms with van der Waals surface area (Å²) in [4.78, 5) is 2.66. The fourth-order valence-corrected chi connectivity index (χ4v) is 5.23. The Morgan fingerprint density at radius 3 is 1.65 bits per heavy atom. The highest BCUT2D eigenvalue weighted by Gasteiger charge is 2.52. The maximum absolute atomic E-state index is 3.93. The molecule has 0 N–H and O–H groups in total. The summed E-state index contributed by atoms with van der Waals surface area (Å²) in [5.41, 5.74) is 0.511. The molecule has 0 unspecified atom stereocenters. The normalized spacial score (nSPS) is 43.0. The van der Waals surface area contributed by atoms with Crippen LogP contribution in [0.3, 0.4) is 0 Å². The minimum absolute atomic E-state index is 0.511. The molecule has 4 bridgehead atoms. The van der Waals surface area contributed by atoms with Crippen molar-refractivity contribution in [3.05, 3.63) is 25.3 Å². The molecular weight excluding hydrogens is 206 g/mol. The van der Waals surface area contributed by atoms with Crippen molar-refractivity contribution >= 4 is 0 Å². The Kier molecular flexibility index (Phi) is 2.90. The van der Waals surface area contributed by atoms with Crippen molar-refractivity contribution in [1.82, 2.24) is 4.90 Å². The Hall–Kier alpha value is -0.560. The van der Waals surface area contributed by atoms with Crippen LogP contribution < -0.4 is 0 Å². The topological polar surface area (TPSA) is 3.24 Å². The molecule has 4 saturated carbocycles. The van der Waals surface area contributed by atoms with Gasteiger partial charge in [-0.2, -0.15) is 0 Å². The van der Waals surface area contributed by atoms with E-state index in [1.807, 2.05) is 0 Å². The van der Waals surface area contributed by atoms with E-state index in [4.69, 9.17) is 0 Å². The minimum atomic E-state index is 0.511. The molecule has 1 heteroatoms. The first-order chi connectivity index (χ1) is 8.25. The van der Waals surface area contributed by atoms with Gasteiger partial charge in [-0.05, 0) is 56.3 Å². The third kappa shape index (κ3) is 1.89. The van der Waals surface area contributed by atoms with Crippen molar-refractivity contribution in [2.24, 2.45) is 17.8 Å². The Morgan fingerprint density at radius 1 is 0.882 bits per heavy atom. The second-order valence-corrected chi connectivity index (χ2v) is 6.62. The molecule has 17 heavy (non-hydrogen) atoms. The summed E-state index contributed by atoms with van der Waals surface area (Å²) in [6.45, 7) is 9.95. The molecule has 0 saturated heterocycles. The van der Waals surface area contributed by atoms with E-state index in [0.29, 0.717) is 5.54 Å². The number of nitrogens with zero attached hydrogens (tertiary/aromatic N) is 1. The Morgan fingerprint density at radius 2 is 1.29 bits per heavy atom. The first-order valence-corrected chi connectivity index (χ1v) is 7.22. The zero-order valence-electron chi connectivity index (χ0n) is 10.9. The highest BCUT2D eigenvalue weighted by molar-refractivity contribution is 5.08. The zero-order chi connectivity index (χ0) is 11.9. The van der Waals surface area contributed by atoms with E-state index in [1.165, 1.54) is 38.5 Å². The molecule has 0 radical (unpaired) electrons. The third-order valence-electron chi connectivity index (χ3n) is 5.38. The molecule has 0 aliphatic heterocycles. The highest BCUT2D eigenvalue weighted by atomic mass is 15.2. The molecule has 0 spiro atoms. The van der Waals surface area contributed by atoms with Crippen molar-refractivity contribution in [3.8, 4) is 0 Å². The van der Waals surface area contributed by atoms with E-state index in [2.05, 4.69) is 30.2 Å². The summed E-state index contributed by atoms with van der Waals surface area (Å²) in [6.07, 6.45) is 13.0. The van der Waals surface area contributed by atoms with Gasteiger partial charge in [-0.15, -0.1) is 13.2 Å². The maximum atomic E-state index is 3.93. The van der Waals surface area contributed by atoms with E-state index >= 15 is 0 Å². The van der Waals surface area contributed by atoms with Gasteiger partial charge in [0.25, 0.3) is 0 Å². The predicted molar refractivity (Wildman–Crippen MR) is 72.9 cm³/mol. The van der Waals surface area contributed by atoms with Crippen LogP contribution in [0, 0.1) is 17.8 Å². The lowest BCUT2D eigenvalue weighted by Crippen LogP contribution is -2.60. The smallest absolute Gasteiger partial charge is 0.0224 e. The van der Waals surface area contributed by atoms with Crippen LogP contribution in [0.5, 0.6) is 0 Å². The van der Waals surface area contributed by atoms with Gasteiger partial charge in [0.15, 0.2) is 0 Å². The largest absolute Gasteiger partial charge is 0.290 e. The van der Waals surface area contributed by atoms with Gasteiger partial charge in [-0.25, -0.2) is 0 Å². The monoisotopic (exact) mass is 231 g/mol. The summed E-state index contributed by atoms with van der Waals surface area (Å²) >= 11 is 0. The van der Waals surface area contributed by atoms with Gasteiger partial charge in [0, 0.05) is 18.6 Å². The van der Waals surface area contributed by atoms with Gasteiger partial charge in [-0.3, -0.25) is 4.90 Å². The van der Waals surface area contributed by atoms with Crippen molar-refractivity contribution in [1.29, 1.82) is 0 Å². The van der Waals surface area contributed by atoms with Crippen LogP contribution in [0.4, 0.5) is 0 Å². The van der Waals surface area contributed by atoms with Gasteiger partial charge in [-0.1, -0.05) is 12.2 Å². The van der Waals surface area contributed by atoms with E-state index in [0.717, 1.165) is 30.8 Å². The molecule has 1 nitrogen and oxygen atoms in total. The molecule has 0 atom stereocenters. The number of hydrogen-bond donors (Lipinski definition) is 0. The van der Waals surface area contributed by atoms with Crippen molar-refractivity contribution in [2.45, 2.75) is 44.1 Å². The molecule has 0 heterocycles.